The van der Waals surface area contributed by atoms with Gasteiger partial charge >= 0.3 is 0 Å². The molecule has 1 aromatic carbocycles. The first-order valence-electron chi connectivity index (χ1n) is 5.04. The van der Waals surface area contributed by atoms with E-state index in [4.69, 9.17) is 11.6 Å². The second-order valence-corrected chi connectivity index (χ2v) is 5.58. The predicted molar refractivity (Wildman–Crippen MR) is 69.2 cm³/mol. The van der Waals surface area contributed by atoms with Crippen molar-refractivity contribution < 1.29 is 5.11 Å². The Labute approximate surface area is 104 Å². The predicted octanol–water partition coefficient (Wildman–Crippen LogP) is 3.97. The van der Waals surface area contributed by atoms with Crippen molar-refractivity contribution in [2.75, 3.05) is 0 Å². The molecule has 0 aliphatic rings. The number of halogens is 1. The molecule has 0 bridgehead atoms. The number of hydrogen-bond donors (Lipinski definition) is 1. The molecule has 0 aliphatic heterocycles. The Bertz CT molecular complexity index is 485. The van der Waals surface area contributed by atoms with Crippen LogP contribution in [0.2, 0.25) is 5.02 Å². The highest BCUT2D eigenvalue weighted by molar-refractivity contribution is 7.10. The number of benzene rings is 1. The summed E-state index contributed by atoms with van der Waals surface area (Å²) in [7, 11) is 0. The van der Waals surface area contributed by atoms with Crippen molar-refractivity contribution >= 4 is 22.9 Å². The SMILES string of the molecule is Cc1cc(C(C)(O)c2ccc(Cl)cc2)cs1. The summed E-state index contributed by atoms with van der Waals surface area (Å²) in [5.74, 6) is 0. The molecule has 0 amide bonds. The molecular formula is C13H13ClOS. The van der Waals surface area contributed by atoms with Crippen LogP contribution < -0.4 is 0 Å². The molecule has 0 saturated heterocycles. The fourth-order valence-corrected chi connectivity index (χ4v) is 2.57. The topological polar surface area (TPSA) is 20.2 Å². The molecule has 0 fully saturated rings. The zero-order valence-electron chi connectivity index (χ0n) is 9.20. The van der Waals surface area contributed by atoms with Crippen LogP contribution in [0.15, 0.2) is 35.7 Å². The van der Waals surface area contributed by atoms with Crippen molar-refractivity contribution in [3.05, 3.63) is 56.7 Å². The lowest BCUT2D eigenvalue weighted by atomic mass is 9.90. The van der Waals surface area contributed by atoms with Gasteiger partial charge in [0, 0.05) is 9.90 Å². The van der Waals surface area contributed by atoms with Crippen LogP contribution in [-0.2, 0) is 5.60 Å². The zero-order valence-corrected chi connectivity index (χ0v) is 10.8. The largest absolute Gasteiger partial charge is 0.381 e. The van der Waals surface area contributed by atoms with Crippen molar-refractivity contribution in [2.45, 2.75) is 19.4 Å². The first-order chi connectivity index (χ1) is 7.50. The lowest BCUT2D eigenvalue weighted by Crippen LogP contribution is -2.21. The molecule has 0 radical (unpaired) electrons. The van der Waals surface area contributed by atoms with Gasteiger partial charge in [-0.1, -0.05) is 23.7 Å². The monoisotopic (exact) mass is 252 g/mol. The van der Waals surface area contributed by atoms with E-state index in [1.54, 1.807) is 30.4 Å². The van der Waals surface area contributed by atoms with Gasteiger partial charge < -0.3 is 5.11 Å². The second-order valence-electron chi connectivity index (χ2n) is 4.03. The lowest BCUT2D eigenvalue weighted by molar-refractivity contribution is 0.103. The molecule has 1 nitrogen and oxygen atoms in total. The lowest BCUT2D eigenvalue weighted by Gasteiger charge is -2.23. The Morgan fingerprint density at radius 3 is 2.31 bits per heavy atom. The van der Waals surface area contributed by atoms with E-state index < -0.39 is 5.60 Å². The summed E-state index contributed by atoms with van der Waals surface area (Å²) < 4.78 is 0. The van der Waals surface area contributed by atoms with E-state index in [-0.39, 0.29) is 0 Å². The van der Waals surface area contributed by atoms with Gasteiger partial charge in [0.1, 0.15) is 5.60 Å². The third kappa shape index (κ3) is 2.14. The minimum Gasteiger partial charge on any atom is -0.381 e. The Morgan fingerprint density at radius 1 is 1.19 bits per heavy atom. The maximum absolute atomic E-state index is 10.5. The van der Waals surface area contributed by atoms with Gasteiger partial charge in [0.2, 0.25) is 0 Å². The minimum atomic E-state index is -0.949. The maximum atomic E-state index is 10.5. The maximum Gasteiger partial charge on any atom is 0.113 e. The first-order valence-corrected chi connectivity index (χ1v) is 6.30. The second kappa shape index (κ2) is 4.21. The fraction of sp³-hybridized carbons (Fsp3) is 0.231. The molecule has 1 aromatic heterocycles. The molecule has 16 heavy (non-hydrogen) atoms. The van der Waals surface area contributed by atoms with Gasteiger partial charge in [0.05, 0.1) is 0 Å². The van der Waals surface area contributed by atoms with E-state index in [1.165, 1.54) is 4.88 Å². The van der Waals surface area contributed by atoms with Crippen molar-refractivity contribution in [1.29, 1.82) is 0 Å². The molecule has 2 rings (SSSR count). The van der Waals surface area contributed by atoms with Crippen LogP contribution >= 0.6 is 22.9 Å². The van der Waals surface area contributed by atoms with Gasteiger partial charge in [-0.2, -0.15) is 0 Å². The average molecular weight is 253 g/mol. The molecule has 0 spiro atoms. The summed E-state index contributed by atoms with van der Waals surface area (Å²) in [6, 6.07) is 9.32. The van der Waals surface area contributed by atoms with Crippen molar-refractivity contribution in [2.24, 2.45) is 0 Å². The third-order valence-electron chi connectivity index (χ3n) is 2.70. The first kappa shape index (κ1) is 11.6. The van der Waals surface area contributed by atoms with Crippen LogP contribution in [0.1, 0.15) is 22.9 Å². The normalized spacial score (nSPS) is 14.8. The molecule has 0 saturated carbocycles. The van der Waals surface area contributed by atoms with E-state index in [0.29, 0.717) is 5.02 Å². The highest BCUT2D eigenvalue weighted by Crippen LogP contribution is 2.32. The highest BCUT2D eigenvalue weighted by Gasteiger charge is 2.26. The van der Waals surface area contributed by atoms with E-state index in [1.807, 2.05) is 30.5 Å². The third-order valence-corrected chi connectivity index (χ3v) is 3.81. The van der Waals surface area contributed by atoms with E-state index >= 15 is 0 Å². The molecule has 2 aromatic rings. The summed E-state index contributed by atoms with van der Waals surface area (Å²) >= 11 is 7.48. The van der Waals surface area contributed by atoms with Gasteiger partial charge in [-0.15, -0.1) is 11.3 Å². The molecule has 1 N–H and O–H groups in total. The summed E-state index contributed by atoms with van der Waals surface area (Å²) in [5.41, 5.74) is 0.835. The highest BCUT2D eigenvalue weighted by atomic mass is 35.5. The van der Waals surface area contributed by atoms with Gasteiger partial charge in [-0.3, -0.25) is 0 Å². The zero-order chi connectivity index (χ0) is 11.8. The smallest absolute Gasteiger partial charge is 0.113 e. The molecule has 1 atom stereocenters. The quantitative estimate of drug-likeness (QED) is 0.858. The van der Waals surface area contributed by atoms with Crippen molar-refractivity contribution in [3.8, 4) is 0 Å². The summed E-state index contributed by atoms with van der Waals surface area (Å²) in [4.78, 5) is 1.20. The number of thiophene rings is 1. The molecule has 1 heterocycles. The number of hydrogen-bond acceptors (Lipinski definition) is 2. The standard InChI is InChI=1S/C13H13ClOS/c1-9-7-11(8-16-9)13(2,15)10-3-5-12(14)6-4-10/h3-8,15H,1-2H3. The molecule has 3 heteroatoms. The summed E-state index contributed by atoms with van der Waals surface area (Å²) in [5, 5.41) is 13.2. The van der Waals surface area contributed by atoms with Gasteiger partial charge in [0.25, 0.3) is 0 Å². The molecular weight excluding hydrogens is 240 g/mol. The van der Waals surface area contributed by atoms with E-state index in [9.17, 15) is 5.11 Å². The van der Waals surface area contributed by atoms with Crippen LogP contribution in [0.4, 0.5) is 0 Å². The van der Waals surface area contributed by atoms with Crippen LogP contribution in [0.3, 0.4) is 0 Å². The Kier molecular flexibility index (Phi) is 3.06. The van der Waals surface area contributed by atoms with Crippen LogP contribution in [-0.4, -0.2) is 5.11 Å². The number of rotatable bonds is 2. The van der Waals surface area contributed by atoms with E-state index in [0.717, 1.165) is 11.1 Å². The van der Waals surface area contributed by atoms with E-state index in [2.05, 4.69) is 0 Å². The fourth-order valence-electron chi connectivity index (χ4n) is 1.64. The Morgan fingerprint density at radius 2 is 1.81 bits per heavy atom. The molecule has 0 aliphatic carbocycles. The van der Waals surface area contributed by atoms with Crippen molar-refractivity contribution in [3.63, 3.8) is 0 Å². The van der Waals surface area contributed by atoms with Crippen LogP contribution in [0, 0.1) is 6.92 Å². The number of aryl methyl sites for hydroxylation is 1. The summed E-state index contributed by atoms with van der Waals surface area (Å²) in [6.45, 7) is 3.84. The van der Waals surface area contributed by atoms with Gasteiger partial charge in [-0.25, -0.2) is 0 Å². The van der Waals surface area contributed by atoms with Gasteiger partial charge in [-0.05, 0) is 48.6 Å². The Balaban J connectivity index is 2.42. The average Bonchev–Trinajstić information content (AvgIpc) is 2.66. The molecule has 1 unspecified atom stereocenters. The summed E-state index contributed by atoms with van der Waals surface area (Å²) in [6.07, 6.45) is 0. The van der Waals surface area contributed by atoms with Gasteiger partial charge in [0.15, 0.2) is 0 Å². The molecule has 84 valence electrons. The van der Waals surface area contributed by atoms with Crippen LogP contribution in [0.5, 0.6) is 0 Å². The minimum absolute atomic E-state index is 0.682. The number of aliphatic hydroxyl groups is 1. The Hall–Kier alpha value is -0.830. The van der Waals surface area contributed by atoms with Crippen LogP contribution in [0.25, 0.3) is 0 Å². The van der Waals surface area contributed by atoms with Crippen molar-refractivity contribution in [1.82, 2.24) is 0 Å².